The van der Waals surface area contributed by atoms with E-state index in [0.717, 1.165) is 25.2 Å². The fourth-order valence-electron chi connectivity index (χ4n) is 3.26. The molecule has 0 saturated carbocycles. The maximum Gasteiger partial charge on any atom is 0.227 e. The fraction of sp³-hybridized carbons (Fsp3) is 0.529. The fourth-order valence-corrected chi connectivity index (χ4v) is 3.38. The zero-order valence-electron chi connectivity index (χ0n) is 13.5. The molecular formula is C17H23Cl2N3O2. The third-order valence-corrected chi connectivity index (χ3v) is 4.90. The van der Waals surface area contributed by atoms with Gasteiger partial charge in [0.25, 0.3) is 0 Å². The zero-order chi connectivity index (χ0) is 16.2. The maximum absolute atomic E-state index is 12.3. The first-order valence-electron chi connectivity index (χ1n) is 8.18. The monoisotopic (exact) mass is 371 g/mol. The van der Waals surface area contributed by atoms with E-state index in [2.05, 4.69) is 10.6 Å². The summed E-state index contributed by atoms with van der Waals surface area (Å²) in [4.78, 5) is 26.1. The lowest BCUT2D eigenvalue weighted by Gasteiger charge is -2.17. The predicted octanol–water partition coefficient (Wildman–Crippen LogP) is 2.23. The van der Waals surface area contributed by atoms with E-state index in [0.29, 0.717) is 24.0 Å². The van der Waals surface area contributed by atoms with Crippen molar-refractivity contribution in [1.29, 1.82) is 0 Å². The van der Waals surface area contributed by atoms with Crippen LogP contribution in [0.1, 0.15) is 19.3 Å². The number of hydrogen-bond acceptors (Lipinski definition) is 3. The molecule has 1 aromatic rings. The molecule has 7 heteroatoms. The molecule has 2 N–H and O–H groups in total. The molecule has 0 spiro atoms. The summed E-state index contributed by atoms with van der Waals surface area (Å²) in [6.07, 6.45) is 2.46. The van der Waals surface area contributed by atoms with Gasteiger partial charge in [0.1, 0.15) is 0 Å². The number of nitrogens with zero attached hydrogens (tertiary/aromatic N) is 1. The van der Waals surface area contributed by atoms with E-state index in [1.54, 1.807) is 17.0 Å². The van der Waals surface area contributed by atoms with Crippen LogP contribution >= 0.6 is 24.0 Å². The van der Waals surface area contributed by atoms with E-state index in [4.69, 9.17) is 11.6 Å². The standard InChI is InChI=1S/C17H22ClN3O2.ClH/c18-14-1-3-15(4-2-14)21-11-13(9-16(21)22)17(23)20-8-6-12-5-7-19-10-12;/h1-4,12-13,19H,5-11H2,(H,20,23);1H. The molecule has 2 atom stereocenters. The number of amides is 2. The number of benzene rings is 1. The van der Waals surface area contributed by atoms with E-state index in [1.807, 2.05) is 12.1 Å². The zero-order valence-corrected chi connectivity index (χ0v) is 15.0. The van der Waals surface area contributed by atoms with Crippen LogP contribution in [0.25, 0.3) is 0 Å². The molecule has 0 radical (unpaired) electrons. The van der Waals surface area contributed by atoms with Gasteiger partial charge in [0.2, 0.25) is 11.8 Å². The first kappa shape index (κ1) is 19.0. The molecule has 3 rings (SSSR count). The van der Waals surface area contributed by atoms with Crippen LogP contribution < -0.4 is 15.5 Å². The highest BCUT2D eigenvalue weighted by molar-refractivity contribution is 6.30. The Morgan fingerprint density at radius 2 is 2.08 bits per heavy atom. The molecule has 5 nitrogen and oxygen atoms in total. The Balaban J connectivity index is 0.00000208. The predicted molar refractivity (Wildman–Crippen MR) is 97.8 cm³/mol. The van der Waals surface area contributed by atoms with Crippen LogP contribution in [0, 0.1) is 11.8 Å². The first-order valence-corrected chi connectivity index (χ1v) is 8.55. The Hall–Kier alpha value is -1.30. The summed E-state index contributed by atoms with van der Waals surface area (Å²) in [7, 11) is 0. The largest absolute Gasteiger partial charge is 0.356 e. The minimum absolute atomic E-state index is 0. The molecule has 0 bridgehead atoms. The SMILES string of the molecule is Cl.O=C(NCCC1CCNC1)C1CC(=O)N(c2ccc(Cl)cc2)C1. The minimum Gasteiger partial charge on any atom is -0.356 e. The summed E-state index contributed by atoms with van der Waals surface area (Å²) in [5.41, 5.74) is 0.798. The van der Waals surface area contributed by atoms with Crippen LogP contribution in [0.15, 0.2) is 24.3 Å². The number of halogens is 2. The van der Waals surface area contributed by atoms with Gasteiger partial charge in [-0.25, -0.2) is 0 Å². The topological polar surface area (TPSA) is 61.4 Å². The van der Waals surface area contributed by atoms with Gasteiger partial charge in [-0.15, -0.1) is 12.4 Å². The lowest BCUT2D eigenvalue weighted by molar-refractivity contribution is -0.126. The van der Waals surface area contributed by atoms with Gasteiger partial charge in [-0.1, -0.05) is 11.6 Å². The molecule has 2 heterocycles. The van der Waals surface area contributed by atoms with Crippen molar-refractivity contribution >= 4 is 41.5 Å². The number of nitrogens with one attached hydrogen (secondary N) is 2. The van der Waals surface area contributed by atoms with Crippen molar-refractivity contribution in [3.63, 3.8) is 0 Å². The molecular weight excluding hydrogens is 349 g/mol. The number of carbonyl (C=O) groups excluding carboxylic acids is 2. The second-order valence-corrected chi connectivity index (χ2v) is 6.76. The van der Waals surface area contributed by atoms with Gasteiger partial charge in [0.05, 0.1) is 5.92 Å². The van der Waals surface area contributed by atoms with E-state index in [9.17, 15) is 9.59 Å². The second kappa shape index (κ2) is 8.70. The smallest absolute Gasteiger partial charge is 0.227 e. The Morgan fingerprint density at radius 3 is 2.75 bits per heavy atom. The van der Waals surface area contributed by atoms with Gasteiger partial charge in [-0.2, -0.15) is 0 Å². The molecule has 2 unspecified atom stereocenters. The summed E-state index contributed by atoms with van der Waals surface area (Å²) < 4.78 is 0. The molecule has 2 saturated heterocycles. The summed E-state index contributed by atoms with van der Waals surface area (Å²) in [5, 5.41) is 6.95. The van der Waals surface area contributed by atoms with Crippen molar-refractivity contribution in [3.05, 3.63) is 29.3 Å². The van der Waals surface area contributed by atoms with E-state index in [-0.39, 0.29) is 36.6 Å². The molecule has 2 fully saturated rings. The van der Waals surface area contributed by atoms with Crippen LogP contribution in [0.5, 0.6) is 0 Å². The highest BCUT2D eigenvalue weighted by Crippen LogP contribution is 2.26. The van der Waals surface area contributed by atoms with E-state index < -0.39 is 0 Å². The van der Waals surface area contributed by atoms with Crippen molar-refractivity contribution in [2.24, 2.45) is 11.8 Å². The number of hydrogen-bond donors (Lipinski definition) is 2. The lowest BCUT2D eigenvalue weighted by atomic mass is 10.0. The Bertz CT molecular complexity index is 574. The van der Waals surface area contributed by atoms with E-state index >= 15 is 0 Å². The van der Waals surface area contributed by atoms with Crippen molar-refractivity contribution in [1.82, 2.24) is 10.6 Å². The average Bonchev–Trinajstić information content (AvgIpc) is 3.18. The molecule has 1 aromatic carbocycles. The number of anilines is 1. The summed E-state index contributed by atoms with van der Waals surface area (Å²) in [6.45, 7) is 3.25. The molecule has 2 aliphatic heterocycles. The lowest BCUT2D eigenvalue weighted by Crippen LogP contribution is -2.34. The van der Waals surface area contributed by atoms with Crippen molar-refractivity contribution in [3.8, 4) is 0 Å². The number of rotatable bonds is 5. The molecule has 0 aromatic heterocycles. The molecule has 2 amide bonds. The third kappa shape index (κ3) is 4.62. The molecule has 24 heavy (non-hydrogen) atoms. The third-order valence-electron chi connectivity index (χ3n) is 4.65. The summed E-state index contributed by atoms with van der Waals surface area (Å²) in [6, 6.07) is 7.14. The highest BCUT2D eigenvalue weighted by atomic mass is 35.5. The van der Waals surface area contributed by atoms with Gasteiger partial charge in [-0.05, 0) is 56.1 Å². The minimum atomic E-state index is -0.264. The van der Waals surface area contributed by atoms with Crippen LogP contribution in [-0.4, -0.2) is 38.0 Å². The first-order chi connectivity index (χ1) is 11.1. The normalized spacial score (nSPS) is 23.2. The van der Waals surface area contributed by atoms with Gasteiger partial charge < -0.3 is 15.5 Å². The molecule has 0 aliphatic carbocycles. The maximum atomic E-state index is 12.3. The van der Waals surface area contributed by atoms with Crippen molar-refractivity contribution in [2.45, 2.75) is 19.3 Å². The number of carbonyl (C=O) groups is 2. The van der Waals surface area contributed by atoms with Crippen LogP contribution in [-0.2, 0) is 9.59 Å². The Labute approximate surface area is 153 Å². The summed E-state index contributed by atoms with van der Waals surface area (Å²) >= 11 is 5.87. The van der Waals surface area contributed by atoms with Crippen LogP contribution in [0.4, 0.5) is 5.69 Å². The summed E-state index contributed by atoms with van der Waals surface area (Å²) in [5.74, 6) is 0.374. The van der Waals surface area contributed by atoms with Crippen LogP contribution in [0.3, 0.4) is 0 Å². The second-order valence-electron chi connectivity index (χ2n) is 6.32. The van der Waals surface area contributed by atoms with Crippen LogP contribution in [0.2, 0.25) is 5.02 Å². The highest BCUT2D eigenvalue weighted by Gasteiger charge is 2.35. The van der Waals surface area contributed by atoms with Crippen molar-refractivity contribution < 1.29 is 9.59 Å². The average molecular weight is 372 g/mol. The van der Waals surface area contributed by atoms with Gasteiger partial charge in [0, 0.05) is 30.2 Å². The Morgan fingerprint density at radius 1 is 1.33 bits per heavy atom. The molecule has 132 valence electrons. The van der Waals surface area contributed by atoms with E-state index in [1.165, 1.54) is 6.42 Å². The molecule has 2 aliphatic rings. The quantitative estimate of drug-likeness (QED) is 0.833. The Kier molecular flexibility index (Phi) is 6.90. The van der Waals surface area contributed by atoms with Gasteiger partial charge in [0.15, 0.2) is 0 Å². The van der Waals surface area contributed by atoms with Crippen molar-refractivity contribution in [2.75, 3.05) is 31.1 Å². The van der Waals surface area contributed by atoms with Gasteiger partial charge >= 0.3 is 0 Å². The van der Waals surface area contributed by atoms with Gasteiger partial charge in [-0.3, -0.25) is 9.59 Å².